The molecule has 3 rings (SSSR count). The van der Waals surface area contributed by atoms with E-state index in [0.29, 0.717) is 11.8 Å². The monoisotopic (exact) mass is 273 g/mol. The van der Waals surface area contributed by atoms with Gasteiger partial charge < -0.3 is 9.80 Å². The largest absolute Gasteiger partial charge is 0.342 e. The quantitative estimate of drug-likeness (QED) is 0.820. The number of rotatable bonds is 2. The molecule has 0 radical (unpaired) electrons. The van der Waals surface area contributed by atoms with Gasteiger partial charge >= 0.3 is 0 Å². The number of aromatic nitrogens is 1. The van der Waals surface area contributed by atoms with Crippen LogP contribution in [0.15, 0.2) is 24.5 Å². The van der Waals surface area contributed by atoms with Crippen molar-refractivity contribution in [3.63, 3.8) is 0 Å². The maximum absolute atomic E-state index is 12.4. The summed E-state index contributed by atoms with van der Waals surface area (Å²) in [6.45, 7) is 4.23. The van der Waals surface area contributed by atoms with Crippen molar-refractivity contribution < 1.29 is 4.79 Å². The maximum Gasteiger partial charge on any atom is 0.227 e. The molecule has 4 nitrogen and oxygen atoms in total. The Labute approximate surface area is 120 Å². The molecule has 1 spiro atoms. The van der Waals surface area contributed by atoms with Gasteiger partial charge in [-0.25, -0.2) is 0 Å². The fraction of sp³-hybridized carbons (Fsp3) is 0.625. The molecular weight excluding hydrogens is 250 g/mol. The fourth-order valence-corrected chi connectivity index (χ4v) is 3.44. The Morgan fingerprint density at radius 1 is 1.30 bits per heavy atom. The number of hydrogen-bond acceptors (Lipinski definition) is 3. The molecular formula is C16H23N3O. The Kier molecular flexibility index (Phi) is 3.74. The number of piperidine rings is 1. The summed E-state index contributed by atoms with van der Waals surface area (Å²) >= 11 is 0. The minimum atomic E-state index is 0.258. The minimum absolute atomic E-state index is 0.258. The number of likely N-dealkylation sites (tertiary alicyclic amines) is 2. The normalized spacial score (nSPS) is 22.4. The second-order valence-electron chi connectivity index (χ2n) is 6.41. The van der Waals surface area contributed by atoms with E-state index in [1.165, 1.54) is 32.4 Å². The molecule has 0 saturated carbocycles. The van der Waals surface area contributed by atoms with Crippen LogP contribution in [0.2, 0.25) is 0 Å². The summed E-state index contributed by atoms with van der Waals surface area (Å²) in [4.78, 5) is 20.9. The fourth-order valence-electron chi connectivity index (χ4n) is 3.44. The van der Waals surface area contributed by atoms with Crippen LogP contribution < -0.4 is 0 Å². The van der Waals surface area contributed by atoms with Crippen molar-refractivity contribution in [3.8, 4) is 0 Å². The van der Waals surface area contributed by atoms with Gasteiger partial charge in [-0.15, -0.1) is 0 Å². The summed E-state index contributed by atoms with van der Waals surface area (Å²) in [5.74, 6) is 0.258. The van der Waals surface area contributed by atoms with Crippen LogP contribution in [0.1, 0.15) is 24.8 Å². The SMILES string of the molecule is CN1CCC2(CC1)CCN(C(=O)Cc1cccnc1)C2. The van der Waals surface area contributed by atoms with E-state index >= 15 is 0 Å². The number of hydrogen-bond donors (Lipinski definition) is 0. The zero-order chi connectivity index (χ0) is 14.0. The summed E-state index contributed by atoms with van der Waals surface area (Å²) < 4.78 is 0. The number of pyridine rings is 1. The number of carbonyl (C=O) groups is 1. The van der Waals surface area contributed by atoms with Crippen LogP contribution in [0, 0.1) is 5.41 Å². The van der Waals surface area contributed by atoms with Crippen LogP contribution in [-0.2, 0) is 11.2 Å². The lowest BCUT2D eigenvalue weighted by Gasteiger charge is -2.37. The van der Waals surface area contributed by atoms with Crippen molar-refractivity contribution in [2.24, 2.45) is 5.41 Å². The first-order chi connectivity index (χ1) is 9.67. The van der Waals surface area contributed by atoms with Gasteiger partial charge in [0, 0.05) is 25.5 Å². The van der Waals surface area contributed by atoms with E-state index in [1.54, 1.807) is 12.4 Å². The Bertz CT molecular complexity index is 466. The summed E-state index contributed by atoms with van der Waals surface area (Å²) in [5, 5.41) is 0. The van der Waals surface area contributed by atoms with Gasteiger partial charge in [0.2, 0.25) is 5.91 Å². The van der Waals surface area contributed by atoms with Crippen molar-refractivity contribution in [1.29, 1.82) is 0 Å². The third kappa shape index (κ3) is 2.85. The van der Waals surface area contributed by atoms with Crippen LogP contribution in [0.5, 0.6) is 0 Å². The zero-order valence-corrected chi connectivity index (χ0v) is 12.2. The molecule has 0 aromatic carbocycles. The number of carbonyl (C=O) groups excluding carboxylic acids is 1. The summed E-state index contributed by atoms with van der Waals surface area (Å²) in [7, 11) is 2.19. The molecule has 0 bridgehead atoms. The van der Waals surface area contributed by atoms with E-state index in [-0.39, 0.29) is 5.91 Å². The molecule has 2 aliphatic rings. The highest BCUT2D eigenvalue weighted by Crippen LogP contribution is 2.40. The summed E-state index contributed by atoms with van der Waals surface area (Å²) in [5.41, 5.74) is 1.42. The molecule has 1 aromatic heterocycles. The molecule has 2 fully saturated rings. The van der Waals surface area contributed by atoms with E-state index in [2.05, 4.69) is 21.8 Å². The average Bonchev–Trinajstić information content (AvgIpc) is 2.88. The molecule has 0 unspecified atom stereocenters. The first kappa shape index (κ1) is 13.6. The van der Waals surface area contributed by atoms with Crippen molar-refractivity contribution in [1.82, 2.24) is 14.8 Å². The Balaban J connectivity index is 1.58. The summed E-state index contributed by atoms with van der Waals surface area (Å²) in [6.07, 6.45) is 7.68. The molecule has 1 amide bonds. The lowest BCUT2D eigenvalue weighted by molar-refractivity contribution is -0.130. The molecule has 108 valence electrons. The minimum Gasteiger partial charge on any atom is -0.342 e. The van der Waals surface area contributed by atoms with Gasteiger partial charge in [-0.1, -0.05) is 6.07 Å². The molecule has 20 heavy (non-hydrogen) atoms. The van der Waals surface area contributed by atoms with Crippen LogP contribution >= 0.6 is 0 Å². The number of nitrogens with zero attached hydrogens (tertiary/aromatic N) is 3. The lowest BCUT2D eigenvalue weighted by atomic mass is 9.78. The standard InChI is InChI=1S/C16H23N3O/c1-18-8-4-16(5-9-18)6-10-19(13-16)15(20)11-14-3-2-7-17-12-14/h2-3,7,12H,4-6,8-11,13H2,1H3. The van der Waals surface area contributed by atoms with Crippen LogP contribution in [0.3, 0.4) is 0 Å². The number of amides is 1. The Hall–Kier alpha value is -1.42. The second-order valence-corrected chi connectivity index (χ2v) is 6.41. The molecule has 1 aromatic rings. The van der Waals surface area contributed by atoms with Crippen molar-refractivity contribution in [2.75, 3.05) is 33.2 Å². The second kappa shape index (κ2) is 5.52. The van der Waals surface area contributed by atoms with Crippen LogP contribution in [0.4, 0.5) is 0 Å². The molecule has 0 aliphatic carbocycles. The molecule has 2 aliphatic heterocycles. The van der Waals surface area contributed by atoms with Crippen LogP contribution in [-0.4, -0.2) is 53.9 Å². The molecule has 0 atom stereocenters. The predicted molar refractivity (Wildman–Crippen MR) is 78.3 cm³/mol. The van der Waals surface area contributed by atoms with Crippen molar-refractivity contribution in [2.45, 2.75) is 25.7 Å². The first-order valence-corrected chi connectivity index (χ1v) is 7.52. The molecule has 3 heterocycles. The van der Waals surface area contributed by atoms with Gasteiger partial charge in [0.25, 0.3) is 0 Å². The molecule has 2 saturated heterocycles. The van der Waals surface area contributed by atoms with Crippen molar-refractivity contribution >= 4 is 5.91 Å². The lowest BCUT2D eigenvalue weighted by Crippen LogP contribution is -2.40. The van der Waals surface area contributed by atoms with E-state index in [4.69, 9.17) is 0 Å². The third-order valence-electron chi connectivity index (χ3n) is 4.92. The van der Waals surface area contributed by atoms with Gasteiger partial charge in [-0.2, -0.15) is 0 Å². The average molecular weight is 273 g/mol. The van der Waals surface area contributed by atoms with Gasteiger partial charge in [0.05, 0.1) is 6.42 Å². The van der Waals surface area contributed by atoms with Crippen LogP contribution in [0.25, 0.3) is 0 Å². The highest BCUT2D eigenvalue weighted by molar-refractivity contribution is 5.79. The van der Waals surface area contributed by atoms with Gasteiger partial charge in [-0.05, 0) is 56.4 Å². The van der Waals surface area contributed by atoms with Gasteiger partial charge in [-0.3, -0.25) is 9.78 Å². The topological polar surface area (TPSA) is 36.4 Å². The maximum atomic E-state index is 12.4. The van der Waals surface area contributed by atoms with E-state index in [9.17, 15) is 4.79 Å². The molecule has 4 heteroatoms. The van der Waals surface area contributed by atoms with E-state index in [0.717, 1.165) is 18.7 Å². The Morgan fingerprint density at radius 3 is 2.75 bits per heavy atom. The summed E-state index contributed by atoms with van der Waals surface area (Å²) in [6, 6.07) is 3.87. The smallest absolute Gasteiger partial charge is 0.227 e. The van der Waals surface area contributed by atoms with E-state index in [1.807, 2.05) is 12.1 Å². The predicted octanol–water partition coefficient (Wildman–Crippen LogP) is 1.57. The van der Waals surface area contributed by atoms with E-state index < -0.39 is 0 Å². The van der Waals surface area contributed by atoms with Crippen molar-refractivity contribution in [3.05, 3.63) is 30.1 Å². The Morgan fingerprint density at radius 2 is 2.05 bits per heavy atom. The highest BCUT2D eigenvalue weighted by Gasteiger charge is 2.41. The van der Waals surface area contributed by atoms with Gasteiger partial charge in [0.15, 0.2) is 0 Å². The highest BCUT2D eigenvalue weighted by atomic mass is 16.2. The first-order valence-electron chi connectivity index (χ1n) is 7.52. The van der Waals surface area contributed by atoms with Gasteiger partial charge in [0.1, 0.15) is 0 Å². The zero-order valence-electron chi connectivity index (χ0n) is 12.2. The third-order valence-corrected chi connectivity index (χ3v) is 4.92. The molecule has 0 N–H and O–H groups in total.